The van der Waals surface area contributed by atoms with Crippen molar-refractivity contribution in [3.05, 3.63) is 52.6 Å². The summed E-state index contributed by atoms with van der Waals surface area (Å²) in [4.78, 5) is 12.1. The van der Waals surface area contributed by atoms with Crippen LogP contribution in [0.2, 0.25) is 5.02 Å². The van der Waals surface area contributed by atoms with Gasteiger partial charge in [-0.2, -0.15) is 0 Å². The average Bonchev–Trinajstić information content (AvgIpc) is 2.64. The minimum Gasteiger partial charge on any atom is -0.486 e. The predicted octanol–water partition coefficient (Wildman–Crippen LogP) is 3.52. The van der Waals surface area contributed by atoms with Gasteiger partial charge in [0, 0.05) is 12.6 Å². The Labute approximate surface area is 160 Å². The Morgan fingerprint density at radius 1 is 1.22 bits per heavy atom. The summed E-state index contributed by atoms with van der Waals surface area (Å²) in [6.45, 7) is 2.79. The van der Waals surface area contributed by atoms with Gasteiger partial charge in [0.1, 0.15) is 19.0 Å². The first kappa shape index (κ1) is 19.2. The van der Waals surface area contributed by atoms with Gasteiger partial charge in [-0.15, -0.1) is 0 Å². The minimum atomic E-state index is -1.03. The van der Waals surface area contributed by atoms with Crippen LogP contribution in [-0.4, -0.2) is 31.8 Å². The van der Waals surface area contributed by atoms with Crippen LogP contribution in [0.15, 0.2) is 30.3 Å². The zero-order valence-corrected chi connectivity index (χ0v) is 15.3. The molecule has 1 aliphatic rings. The number of ether oxygens (including phenoxy) is 3. The van der Waals surface area contributed by atoms with Crippen molar-refractivity contribution in [2.24, 2.45) is 0 Å². The van der Waals surface area contributed by atoms with E-state index in [1.165, 1.54) is 13.0 Å². The predicted molar refractivity (Wildman–Crippen MR) is 95.6 cm³/mol. The molecular weight excluding hydrogens is 380 g/mol. The number of rotatable bonds is 6. The van der Waals surface area contributed by atoms with Crippen molar-refractivity contribution in [3.63, 3.8) is 0 Å². The van der Waals surface area contributed by atoms with E-state index in [1.54, 1.807) is 6.07 Å². The Kier molecular flexibility index (Phi) is 6.01. The van der Waals surface area contributed by atoms with Crippen LogP contribution in [0, 0.1) is 11.6 Å². The molecular formula is C19H18ClF2NO4. The number of benzene rings is 2. The summed E-state index contributed by atoms with van der Waals surface area (Å²) in [5.41, 5.74) is 0.888. The molecule has 1 aliphatic heterocycles. The first-order valence-electron chi connectivity index (χ1n) is 8.41. The Morgan fingerprint density at radius 2 is 2.00 bits per heavy atom. The second-order valence-electron chi connectivity index (χ2n) is 5.98. The Balaban J connectivity index is 1.51. The van der Waals surface area contributed by atoms with Gasteiger partial charge < -0.3 is 19.5 Å². The van der Waals surface area contributed by atoms with Crippen molar-refractivity contribution in [1.29, 1.82) is 0 Å². The van der Waals surface area contributed by atoms with Gasteiger partial charge >= 0.3 is 0 Å². The van der Waals surface area contributed by atoms with Crippen LogP contribution < -0.4 is 19.5 Å². The molecule has 2 aromatic rings. The lowest BCUT2D eigenvalue weighted by Crippen LogP contribution is -2.37. The summed E-state index contributed by atoms with van der Waals surface area (Å²) in [7, 11) is 0. The van der Waals surface area contributed by atoms with Gasteiger partial charge in [0.2, 0.25) is 0 Å². The molecule has 0 spiro atoms. The average molecular weight is 398 g/mol. The van der Waals surface area contributed by atoms with Crippen molar-refractivity contribution in [2.45, 2.75) is 19.4 Å². The highest BCUT2D eigenvalue weighted by Gasteiger charge is 2.18. The normalized spacial score (nSPS) is 13.8. The van der Waals surface area contributed by atoms with Crippen LogP contribution in [0.5, 0.6) is 17.2 Å². The van der Waals surface area contributed by atoms with E-state index in [0.717, 1.165) is 17.7 Å². The smallest absolute Gasteiger partial charge is 0.260 e. The van der Waals surface area contributed by atoms with Crippen LogP contribution in [0.3, 0.4) is 0 Å². The molecule has 1 amide bonds. The maximum absolute atomic E-state index is 13.2. The first-order valence-corrected chi connectivity index (χ1v) is 8.79. The largest absolute Gasteiger partial charge is 0.486 e. The second-order valence-corrected chi connectivity index (χ2v) is 6.39. The topological polar surface area (TPSA) is 56.8 Å². The SMILES string of the molecule is CC(Oc1ccc(F)c(F)c1)C(=O)NCCc1cc(Cl)c2c(c1)OCCO2. The number of halogens is 3. The molecule has 5 nitrogen and oxygen atoms in total. The van der Waals surface area contributed by atoms with Gasteiger partial charge in [-0.25, -0.2) is 8.78 Å². The number of fused-ring (bicyclic) bond motifs is 1. The molecule has 144 valence electrons. The minimum absolute atomic E-state index is 0.0789. The fourth-order valence-electron chi connectivity index (χ4n) is 2.59. The van der Waals surface area contributed by atoms with E-state index in [1.807, 2.05) is 6.07 Å². The third-order valence-corrected chi connectivity index (χ3v) is 4.22. The molecule has 0 saturated heterocycles. The van der Waals surface area contributed by atoms with E-state index in [0.29, 0.717) is 42.7 Å². The maximum atomic E-state index is 13.2. The number of nitrogens with one attached hydrogen (secondary N) is 1. The lowest BCUT2D eigenvalue weighted by Gasteiger charge is -2.20. The van der Waals surface area contributed by atoms with E-state index in [2.05, 4.69) is 5.32 Å². The fourth-order valence-corrected chi connectivity index (χ4v) is 2.88. The molecule has 2 aromatic carbocycles. The molecule has 27 heavy (non-hydrogen) atoms. The lowest BCUT2D eigenvalue weighted by molar-refractivity contribution is -0.127. The maximum Gasteiger partial charge on any atom is 0.260 e. The Hall–Kier alpha value is -2.54. The molecule has 0 aliphatic carbocycles. The van der Waals surface area contributed by atoms with Crippen LogP contribution in [0.25, 0.3) is 0 Å². The number of hydrogen-bond acceptors (Lipinski definition) is 4. The summed E-state index contributed by atoms with van der Waals surface area (Å²) in [5.74, 6) is -1.18. The molecule has 0 aromatic heterocycles. The molecule has 0 bridgehead atoms. The molecule has 0 fully saturated rings. The van der Waals surface area contributed by atoms with Crippen molar-refractivity contribution in [2.75, 3.05) is 19.8 Å². The van der Waals surface area contributed by atoms with Crippen LogP contribution in [-0.2, 0) is 11.2 Å². The summed E-state index contributed by atoms with van der Waals surface area (Å²) in [6, 6.07) is 6.70. The molecule has 8 heteroatoms. The zero-order valence-electron chi connectivity index (χ0n) is 14.6. The molecule has 1 atom stereocenters. The van der Waals surface area contributed by atoms with E-state index >= 15 is 0 Å². The summed E-state index contributed by atoms with van der Waals surface area (Å²) < 4.78 is 42.4. The highest BCUT2D eigenvalue weighted by Crippen LogP contribution is 2.38. The monoisotopic (exact) mass is 397 g/mol. The van der Waals surface area contributed by atoms with Crippen LogP contribution >= 0.6 is 11.6 Å². The summed E-state index contributed by atoms with van der Waals surface area (Å²) in [6.07, 6.45) is -0.335. The molecule has 3 rings (SSSR count). The lowest BCUT2D eigenvalue weighted by atomic mass is 10.1. The Bertz CT molecular complexity index is 847. The number of carbonyl (C=O) groups excluding carboxylic acids is 1. The van der Waals surface area contributed by atoms with Crippen molar-refractivity contribution in [1.82, 2.24) is 5.32 Å². The van der Waals surface area contributed by atoms with Gasteiger partial charge in [-0.05, 0) is 43.2 Å². The molecule has 0 saturated carbocycles. The second kappa shape index (κ2) is 8.43. The summed E-state index contributed by atoms with van der Waals surface area (Å²) >= 11 is 6.18. The number of amides is 1. The van der Waals surface area contributed by atoms with Crippen molar-refractivity contribution in [3.8, 4) is 17.2 Å². The van der Waals surface area contributed by atoms with Crippen molar-refractivity contribution >= 4 is 17.5 Å². The highest BCUT2D eigenvalue weighted by molar-refractivity contribution is 6.32. The van der Waals surface area contributed by atoms with Crippen LogP contribution in [0.4, 0.5) is 8.78 Å². The standard InChI is InChI=1S/C19H18ClF2NO4/c1-11(27-13-2-3-15(21)16(22)10-13)19(24)23-5-4-12-8-14(20)18-17(9-12)25-6-7-26-18/h2-3,8-11H,4-7H2,1H3,(H,23,24). The van der Waals surface area contributed by atoms with Gasteiger partial charge in [0.05, 0.1) is 5.02 Å². The van der Waals surface area contributed by atoms with E-state index in [-0.39, 0.29) is 11.7 Å². The van der Waals surface area contributed by atoms with Gasteiger partial charge in [-0.3, -0.25) is 4.79 Å². The highest BCUT2D eigenvalue weighted by atomic mass is 35.5. The molecule has 0 radical (unpaired) electrons. The fraction of sp³-hybridized carbons (Fsp3) is 0.316. The van der Waals surface area contributed by atoms with Gasteiger partial charge in [-0.1, -0.05) is 11.6 Å². The number of carbonyl (C=O) groups is 1. The first-order chi connectivity index (χ1) is 12.9. The zero-order chi connectivity index (χ0) is 19.4. The van der Waals surface area contributed by atoms with E-state index in [4.69, 9.17) is 25.8 Å². The van der Waals surface area contributed by atoms with Crippen LogP contribution in [0.1, 0.15) is 12.5 Å². The van der Waals surface area contributed by atoms with Gasteiger partial charge in [0.15, 0.2) is 29.2 Å². The number of hydrogen-bond donors (Lipinski definition) is 1. The van der Waals surface area contributed by atoms with E-state index < -0.39 is 17.7 Å². The quantitative estimate of drug-likeness (QED) is 0.810. The van der Waals surface area contributed by atoms with Gasteiger partial charge in [0.25, 0.3) is 5.91 Å². The van der Waals surface area contributed by atoms with Crippen molar-refractivity contribution < 1.29 is 27.8 Å². The van der Waals surface area contributed by atoms with E-state index in [9.17, 15) is 13.6 Å². The Morgan fingerprint density at radius 3 is 2.78 bits per heavy atom. The summed E-state index contributed by atoms with van der Waals surface area (Å²) in [5, 5.41) is 3.19. The molecule has 1 unspecified atom stereocenters. The molecule has 1 N–H and O–H groups in total. The third-order valence-electron chi connectivity index (χ3n) is 3.94. The molecule has 1 heterocycles. The third kappa shape index (κ3) is 4.80.